The molecule has 3 aliphatic rings. The van der Waals surface area contributed by atoms with Crippen molar-refractivity contribution in [2.45, 2.75) is 18.3 Å². The molecule has 3 aromatic carbocycles. The Morgan fingerprint density at radius 1 is 0.895 bits per heavy atom. The van der Waals surface area contributed by atoms with Gasteiger partial charge in [0.2, 0.25) is 17.7 Å². The van der Waals surface area contributed by atoms with Crippen LogP contribution in [0.1, 0.15) is 22.7 Å². The number of hydrogen-bond acceptors (Lipinski definition) is 4. The van der Waals surface area contributed by atoms with Crippen LogP contribution in [0.3, 0.4) is 0 Å². The van der Waals surface area contributed by atoms with E-state index in [1.807, 2.05) is 24.3 Å². The Kier molecular flexibility index (Phi) is 5.68. The standard InChI is InChI=1S/C28H19BrF3N3O3/c29-17-7-4-9-19(14-17)35-26(37)21-22(27(35)38)24(34-12-11-15-5-1-2-10-20(15)23(21)34)25(36)33-18-8-3-6-16(13-18)28(30,31)32/h1-14,21-24H,(H,33,36)/t21-,22-,23-,24+/m1/s1. The molecule has 2 fully saturated rings. The first-order valence-electron chi connectivity index (χ1n) is 11.8. The Morgan fingerprint density at radius 3 is 2.39 bits per heavy atom. The quantitative estimate of drug-likeness (QED) is 0.407. The predicted molar refractivity (Wildman–Crippen MR) is 138 cm³/mol. The molecule has 0 unspecified atom stereocenters. The molecule has 6 nitrogen and oxygen atoms in total. The average molecular weight is 582 g/mol. The minimum atomic E-state index is -4.58. The van der Waals surface area contributed by atoms with Crippen molar-refractivity contribution in [3.05, 3.63) is 100 Å². The molecule has 0 saturated carbocycles. The van der Waals surface area contributed by atoms with Crippen molar-refractivity contribution in [3.63, 3.8) is 0 Å². The van der Waals surface area contributed by atoms with E-state index < -0.39 is 53.4 Å². The lowest BCUT2D eigenvalue weighted by Crippen LogP contribution is -2.46. The number of nitrogens with one attached hydrogen (secondary N) is 1. The molecule has 4 atom stereocenters. The van der Waals surface area contributed by atoms with Crippen molar-refractivity contribution >= 4 is 51.1 Å². The van der Waals surface area contributed by atoms with Crippen molar-refractivity contribution < 1.29 is 27.6 Å². The van der Waals surface area contributed by atoms with Crippen LogP contribution in [0.25, 0.3) is 6.08 Å². The number of anilines is 2. The molecule has 0 radical (unpaired) electrons. The van der Waals surface area contributed by atoms with Gasteiger partial charge in [-0.1, -0.05) is 52.3 Å². The largest absolute Gasteiger partial charge is 0.416 e. The van der Waals surface area contributed by atoms with E-state index in [4.69, 9.17) is 0 Å². The summed E-state index contributed by atoms with van der Waals surface area (Å²) in [6.45, 7) is 0. The molecule has 6 rings (SSSR count). The molecule has 0 aromatic heterocycles. The van der Waals surface area contributed by atoms with Crippen molar-refractivity contribution in [1.29, 1.82) is 0 Å². The third-order valence-corrected chi connectivity index (χ3v) is 7.75. The Morgan fingerprint density at radius 2 is 1.63 bits per heavy atom. The van der Waals surface area contributed by atoms with Crippen LogP contribution in [0.2, 0.25) is 0 Å². The smallest absolute Gasteiger partial charge is 0.357 e. The summed E-state index contributed by atoms with van der Waals surface area (Å²) in [5.41, 5.74) is 1.10. The van der Waals surface area contributed by atoms with Gasteiger partial charge in [0.05, 0.1) is 29.1 Å². The van der Waals surface area contributed by atoms with Crippen LogP contribution in [0.15, 0.2) is 83.5 Å². The second-order valence-corrected chi connectivity index (χ2v) is 10.3. The van der Waals surface area contributed by atoms with E-state index in [0.717, 1.165) is 28.2 Å². The number of nitrogens with zero attached hydrogens (tertiary/aromatic N) is 2. The Labute approximate surface area is 223 Å². The lowest BCUT2D eigenvalue weighted by Gasteiger charge is -2.35. The number of benzene rings is 3. The number of carbonyl (C=O) groups excluding carboxylic acids is 3. The summed E-state index contributed by atoms with van der Waals surface area (Å²) in [7, 11) is 0. The van der Waals surface area contributed by atoms with Gasteiger partial charge in [0.15, 0.2) is 0 Å². The van der Waals surface area contributed by atoms with Gasteiger partial charge in [-0.05, 0) is 53.6 Å². The van der Waals surface area contributed by atoms with Crippen LogP contribution in [0.4, 0.5) is 24.5 Å². The minimum Gasteiger partial charge on any atom is -0.357 e. The van der Waals surface area contributed by atoms with Crippen LogP contribution >= 0.6 is 15.9 Å². The third kappa shape index (κ3) is 3.82. The van der Waals surface area contributed by atoms with Gasteiger partial charge in [-0.15, -0.1) is 0 Å². The maximum absolute atomic E-state index is 13.8. The zero-order chi connectivity index (χ0) is 26.8. The molecule has 0 bridgehead atoms. The molecular weight excluding hydrogens is 563 g/mol. The van der Waals surface area contributed by atoms with Gasteiger partial charge in [-0.3, -0.25) is 14.4 Å². The number of hydrogen-bond donors (Lipinski definition) is 1. The van der Waals surface area contributed by atoms with Crippen molar-refractivity contribution in [2.24, 2.45) is 11.8 Å². The summed E-state index contributed by atoms with van der Waals surface area (Å²) >= 11 is 3.37. The number of alkyl halides is 3. The minimum absolute atomic E-state index is 0.0492. The molecule has 1 N–H and O–H groups in total. The number of amides is 3. The number of rotatable bonds is 3. The lowest BCUT2D eigenvalue weighted by atomic mass is 9.84. The van der Waals surface area contributed by atoms with Gasteiger partial charge in [0.1, 0.15) is 6.04 Å². The first kappa shape index (κ1) is 24.4. The summed E-state index contributed by atoms with van der Waals surface area (Å²) in [5, 5.41) is 2.56. The fraction of sp³-hybridized carbons (Fsp3) is 0.179. The molecule has 192 valence electrons. The highest BCUT2D eigenvalue weighted by Crippen LogP contribution is 2.53. The molecule has 3 heterocycles. The number of halogens is 4. The highest BCUT2D eigenvalue weighted by atomic mass is 79.9. The third-order valence-electron chi connectivity index (χ3n) is 7.25. The maximum Gasteiger partial charge on any atom is 0.416 e. The normalized spacial score (nSPS) is 23.8. The summed E-state index contributed by atoms with van der Waals surface area (Å²) in [5.74, 6) is -3.50. The van der Waals surface area contributed by atoms with Gasteiger partial charge in [0, 0.05) is 16.4 Å². The first-order chi connectivity index (χ1) is 18.1. The van der Waals surface area contributed by atoms with E-state index in [2.05, 4.69) is 21.2 Å². The highest BCUT2D eigenvalue weighted by Gasteiger charge is 2.64. The Balaban J connectivity index is 1.42. The van der Waals surface area contributed by atoms with Crippen LogP contribution < -0.4 is 10.2 Å². The van der Waals surface area contributed by atoms with E-state index >= 15 is 0 Å². The number of fused-ring (bicyclic) bond motifs is 5. The topological polar surface area (TPSA) is 69.7 Å². The van der Waals surface area contributed by atoms with Crippen molar-refractivity contribution in [3.8, 4) is 0 Å². The van der Waals surface area contributed by atoms with E-state index in [9.17, 15) is 27.6 Å². The molecular formula is C28H19BrF3N3O3. The predicted octanol–water partition coefficient (Wildman–Crippen LogP) is 5.62. The molecule has 3 aliphatic heterocycles. The zero-order valence-electron chi connectivity index (χ0n) is 19.5. The SMILES string of the molecule is O=C(Nc1cccc(C(F)(F)F)c1)[C@@H]1[C@@H]2C(=O)N(c3cccc(Br)c3)C(=O)[C@H]2[C@H]2c3ccccc3C=CN12. The van der Waals surface area contributed by atoms with Crippen LogP contribution in [-0.4, -0.2) is 28.7 Å². The van der Waals surface area contributed by atoms with Crippen molar-refractivity contribution in [2.75, 3.05) is 10.2 Å². The van der Waals surface area contributed by atoms with E-state index in [1.165, 1.54) is 12.1 Å². The summed E-state index contributed by atoms with van der Waals surface area (Å²) in [6.07, 6.45) is -1.09. The second-order valence-electron chi connectivity index (χ2n) is 9.39. The van der Waals surface area contributed by atoms with Gasteiger partial charge in [-0.25, -0.2) is 4.90 Å². The van der Waals surface area contributed by atoms with Gasteiger partial charge in [0.25, 0.3) is 0 Å². The number of imide groups is 1. The number of carbonyl (C=O) groups is 3. The molecule has 3 amide bonds. The summed E-state index contributed by atoms with van der Waals surface area (Å²) in [6, 6.07) is 16.8. The molecule has 0 spiro atoms. The molecule has 0 aliphatic carbocycles. The van der Waals surface area contributed by atoms with Crippen LogP contribution in [0, 0.1) is 11.8 Å². The van der Waals surface area contributed by atoms with Crippen LogP contribution in [-0.2, 0) is 20.6 Å². The molecule has 38 heavy (non-hydrogen) atoms. The van der Waals surface area contributed by atoms with Gasteiger partial charge >= 0.3 is 6.18 Å². The lowest BCUT2D eigenvalue weighted by molar-refractivity contribution is -0.137. The fourth-order valence-corrected chi connectivity index (χ4v) is 6.10. The fourth-order valence-electron chi connectivity index (χ4n) is 5.72. The average Bonchev–Trinajstić information content (AvgIpc) is 3.36. The molecule has 2 saturated heterocycles. The summed E-state index contributed by atoms with van der Waals surface area (Å²) in [4.78, 5) is 44.1. The van der Waals surface area contributed by atoms with Gasteiger partial charge in [-0.2, -0.15) is 13.2 Å². The van der Waals surface area contributed by atoms with Gasteiger partial charge < -0.3 is 10.2 Å². The monoisotopic (exact) mass is 581 g/mol. The van der Waals surface area contributed by atoms with E-state index in [1.54, 1.807) is 41.4 Å². The Bertz CT molecular complexity index is 1520. The van der Waals surface area contributed by atoms with Crippen LogP contribution in [0.5, 0.6) is 0 Å². The Hall–Kier alpha value is -3.92. The van der Waals surface area contributed by atoms with E-state index in [0.29, 0.717) is 10.2 Å². The second kappa shape index (κ2) is 8.83. The molecule has 10 heteroatoms. The van der Waals surface area contributed by atoms with E-state index in [-0.39, 0.29) is 5.69 Å². The molecule has 3 aromatic rings. The highest BCUT2D eigenvalue weighted by molar-refractivity contribution is 9.10. The maximum atomic E-state index is 13.8. The first-order valence-corrected chi connectivity index (χ1v) is 12.6. The zero-order valence-corrected chi connectivity index (χ0v) is 21.1. The van der Waals surface area contributed by atoms with Crippen molar-refractivity contribution in [1.82, 2.24) is 4.90 Å². The summed E-state index contributed by atoms with van der Waals surface area (Å²) < 4.78 is 40.4.